The summed E-state index contributed by atoms with van der Waals surface area (Å²) in [7, 11) is -2.80. The lowest BCUT2D eigenvalue weighted by Crippen LogP contribution is -2.20. The van der Waals surface area contributed by atoms with Crippen molar-refractivity contribution in [2.24, 2.45) is 11.8 Å². The third-order valence-corrected chi connectivity index (χ3v) is 6.45. The minimum absolute atomic E-state index is 0.272. The topological polar surface area (TPSA) is 47.0 Å². The number of hydrogen-bond donors (Lipinski definition) is 0. The van der Waals surface area contributed by atoms with Gasteiger partial charge in [0, 0.05) is 22.2 Å². The molecule has 2 heterocycles. The molecule has 100 valence electrons. The second-order valence-electron chi connectivity index (χ2n) is 4.79. The van der Waals surface area contributed by atoms with Crippen LogP contribution in [0.15, 0.2) is 22.9 Å². The number of pyridine rings is 1. The highest BCUT2D eigenvalue weighted by molar-refractivity contribution is 9.10. The van der Waals surface area contributed by atoms with Gasteiger partial charge in [-0.2, -0.15) is 0 Å². The van der Waals surface area contributed by atoms with E-state index in [1.807, 2.05) is 12.3 Å². The molecule has 0 aromatic carbocycles. The molecule has 1 aliphatic heterocycles. The molecule has 1 aliphatic rings. The number of rotatable bonds is 4. The van der Waals surface area contributed by atoms with Crippen LogP contribution in [-0.4, -0.2) is 30.2 Å². The first kappa shape index (κ1) is 14.5. The Morgan fingerprint density at radius 2 is 2.22 bits per heavy atom. The third-order valence-electron chi connectivity index (χ3n) is 3.39. The molecule has 1 fully saturated rings. The van der Waals surface area contributed by atoms with Gasteiger partial charge in [-0.05, 0) is 52.2 Å². The Kier molecular flexibility index (Phi) is 4.83. The lowest BCUT2D eigenvalue weighted by atomic mass is 9.88. The molecule has 1 aromatic heterocycles. The maximum absolute atomic E-state index is 11.5. The van der Waals surface area contributed by atoms with Crippen LogP contribution in [0.3, 0.4) is 0 Å². The van der Waals surface area contributed by atoms with E-state index < -0.39 is 9.84 Å². The highest BCUT2D eigenvalue weighted by Crippen LogP contribution is 2.30. The smallest absolute Gasteiger partial charge is 0.150 e. The Hall–Kier alpha value is 0.0600. The lowest BCUT2D eigenvalue weighted by Gasteiger charge is -2.20. The van der Waals surface area contributed by atoms with Crippen LogP contribution in [0.1, 0.15) is 12.0 Å². The number of hydrogen-bond acceptors (Lipinski definition) is 3. The highest BCUT2D eigenvalue weighted by atomic mass is 79.9. The zero-order valence-corrected chi connectivity index (χ0v) is 13.8. The molecule has 1 aromatic rings. The van der Waals surface area contributed by atoms with Crippen LogP contribution in [0.5, 0.6) is 0 Å². The van der Waals surface area contributed by atoms with E-state index in [1.54, 1.807) is 6.20 Å². The maximum Gasteiger partial charge on any atom is 0.150 e. The number of sulfone groups is 1. The number of halogens is 2. The van der Waals surface area contributed by atoms with Gasteiger partial charge in [-0.3, -0.25) is 4.98 Å². The van der Waals surface area contributed by atoms with Gasteiger partial charge < -0.3 is 0 Å². The number of aromatic nitrogens is 1. The standard InChI is InChI=1S/C12H15Br2NO2S/c13-5-11(10-1-2-18(16,17)8-10)3-9-4-12(14)7-15-6-9/h4,6-7,10-11H,1-3,5,8H2. The van der Waals surface area contributed by atoms with Gasteiger partial charge in [0.05, 0.1) is 11.5 Å². The number of alkyl halides is 1. The van der Waals surface area contributed by atoms with Crippen molar-refractivity contribution in [3.63, 3.8) is 0 Å². The van der Waals surface area contributed by atoms with E-state index in [1.165, 1.54) is 0 Å². The van der Waals surface area contributed by atoms with E-state index in [4.69, 9.17) is 0 Å². The first-order chi connectivity index (χ1) is 8.50. The largest absolute Gasteiger partial charge is 0.263 e. The van der Waals surface area contributed by atoms with Gasteiger partial charge in [0.25, 0.3) is 0 Å². The van der Waals surface area contributed by atoms with Crippen LogP contribution in [0.2, 0.25) is 0 Å². The average molecular weight is 397 g/mol. The van der Waals surface area contributed by atoms with Gasteiger partial charge in [-0.15, -0.1) is 0 Å². The molecule has 18 heavy (non-hydrogen) atoms. The van der Waals surface area contributed by atoms with Gasteiger partial charge in [-0.1, -0.05) is 15.9 Å². The van der Waals surface area contributed by atoms with Crippen molar-refractivity contribution in [1.29, 1.82) is 0 Å². The third kappa shape index (κ3) is 3.78. The summed E-state index contributed by atoms with van der Waals surface area (Å²) in [6.07, 6.45) is 5.27. The predicted molar refractivity (Wildman–Crippen MR) is 79.7 cm³/mol. The average Bonchev–Trinajstić information content (AvgIpc) is 2.66. The normalized spacial score (nSPS) is 24.0. The summed E-state index contributed by atoms with van der Waals surface area (Å²) in [5.74, 6) is 1.31. The van der Waals surface area contributed by atoms with Crippen LogP contribution >= 0.6 is 31.9 Å². The van der Waals surface area contributed by atoms with Crippen molar-refractivity contribution in [1.82, 2.24) is 4.98 Å². The van der Waals surface area contributed by atoms with Gasteiger partial charge >= 0.3 is 0 Å². The quantitative estimate of drug-likeness (QED) is 0.735. The van der Waals surface area contributed by atoms with E-state index in [9.17, 15) is 8.42 Å². The predicted octanol–water partition coefficient (Wildman–Crippen LogP) is 2.83. The Morgan fingerprint density at radius 3 is 2.78 bits per heavy atom. The fourth-order valence-electron chi connectivity index (χ4n) is 2.41. The van der Waals surface area contributed by atoms with Gasteiger partial charge in [0.15, 0.2) is 9.84 Å². The molecule has 2 atom stereocenters. The first-order valence-corrected chi connectivity index (χ1v) is 9.59. The molecule has 0 spiro atoms. The Bertz CT molecular complexity index is 519. The minimum atomic E-state index is -2.80. The summed E-state index contributed by atoms with van der Waals surface area (Å²) in [6, 6.07) is 2.05. The van der Waals surface area contributed by atoms with Gasteiger partial charge in [0.1, 0.15) is 0 Å². The Balaban J connectivity index is 2.06. The highest BCUT2D eigenvalue weighted by Gasteiger charge is 2.33. The van der Waals surface area contributed by atoms with Crippen molar-refractivity contribution in [3.8, 4) is 0 Å². The summed E-state index contributed by atoms with van der Waals surface area (Å²) in [4.78, 5) is 4.15. The van der Waals surface area contributed by atoms with Crippen LogP contribution in [0, 0.1) is 11.8 Å². The van der Waals surface area contributed by atoms with Gasteiger partial charge in [-0.25, -0.2) is 8.42 Å². The van der Waals surface area contributed by atoms with Crippen molar-refractivity contribution in [2.45, 2.75) is 12.8 Å². The van der Waals surface area contributed by atoms with Crippen LogP contribution < -0.4 is 0 Å². The van der Waals surface area contributed by atoms with E-state index >= 15 is 0 Å². The summed E-state index contributed by atoms with van der Waals surface area (Å²) in [6.45, 7) is 0. The van der Waals surface area contributed by atoms with Crippen molar-refractivity contribution < 1.29 is 8.42 Å². The molecule has 0 radical (unpaired) electrons. The van der Waals surface area contributed by atoms with Crippen LogP contribution in [-0.2, 0) is 16.3 Å². The molecular weight excluding hydrogens is 382 g/mol. The maximum atomic E-state index is 11.5. The molecule has 0 aliphatic carbocycles. The van der Waals surface area contributed by atoms with E-state index in [2.05, 4.69) is 36.8 Å². The second-order valence-corrected chi connectivity index (χ2v) is 8.58. The number of nitrogens with zero attached hydrogens (tertiary/aromatic N) is 1. The zero-order valence-electron chi connectivity index (χ0n) is 9.85. The zero-order chi connectivity index (χ0) is 13.2. The van der Waals surface area contributed by atoms with Crippen LogP contribution in [0.4, 0.5) is 0 Å². The molecule has 0 amide bonds. The summed E-state index contributed by atoms with van der Waals surface area (Å²) in [5.41, 5.74) is 1.15. The molecule has 0 N–H and O–H groups in total. The van der Waals surface area contributed by atoms with E-state index in [-0.39, 0.29) is 5.92 Å². The molecule has 1 saturated heterocycles. The molecule has 2 unspecified atom stereocenters. The van der Waals surface area contributed by atoms with Crippen molar-refractivity contribution >= 4 is 41.7 Å². The summed E-state index contributed by atoms with van der Waals surface area (Å²) >= 11 is 6.92. The second kappa shape index (κ2) is 6.01. The lowest BCUT2D eigenvalue weighted by molar-refractivity contribution is 0.402. The fourth-order valence-corrected chi connectivity index (χ4v) is 5.50. The van der Waals surface area contributed by atoms with E-state index in [0.717, 1.165) is 28.2 Å². The molecule has 3 nitrogen and oxygen atoms in total. The minimum Gasteiger partial charge on any atom is -0.263 e. The first-order valence-electron chi connectivity index (χ1n) is 5.86. The van der Waals surface area contributed by atoms with Crippen molar-refractivity contribution in [2.75, 3.05) is 16.8 Å². The fraction of sp³-hybridized carbons (Fsp3) is 0.583. The Labute approximate surface area is 125 Å². The molecule has 0 bridgehead atoms. The SMILES string of the molecule is O=S1(=O)CCC(C(CBr)Cc2cncc(Br)c2)C1. The Morgan fingerprint density at radius 1 is 1.44 bits per heavy atom. The summed E-state index contributed by atoms with van der Waals surface area (Å²) < 4.78 is 24.0. The molecule has 0 saturated carbocycles. The molecule has 6 heteroatoms. The summed E-state index contributed by atoms with van der Waals surface area (Å²) in [5, 5.41) is 0.833. The molecule has 2 rings (SSSR count). The van der Waals surface area contributed by atoms with Gasteiger partial charge in [0.2, 0.25) is 0 Å². The van der Waals surface area contributed by atoms with Crippen molar-refractivity contribution in [3.05, 3.63) is 28.5 Å². The molecular formula is C12H15Br2NO2S. The van der Waals surface area contributed by atoms with E-state index in [0.29, 0.717) is 17.4 Å². The van der Waals surface area contributed by atoms with Crippen LogP contribution in [0.25, 0.3) is 0 Å². The monoisotopic (exact) mass is 395 g/mol.